The Balaban J connectivity index is 2.85. The van der Waals surface area contributed by atoms with E-state index in [1.807, 2.05) is 0 Å². The van der Waals surface area contributed by atoms with Crippen LogP contribution in [0.3, 0.4) is 0 Å². The number of halogens is 1. The zero-order valence-corrected chi connectivity index (χ0v) is 12.4. The zero-order valence-electron chi connectivity index (χ0n) is 11.6. The number of hydrogen-bond acceptors (Lipinski definition) is 3. The number of nitrogens with one attached hydrogen (secondary N) is 1. The summed E-state index contributed by atoms with van der Waals surface area (Å²) in [6.45, 7) is 5.20. The summed E-state index contributed by atoms with van der Waals surface area (Å²) in [5.41, 5.74) is -0.0302. The molecule has 0 fully saturated rings. The molecule has 0 spiro atoms. The molecule has 0 saturated carbocycles. The van der Waals surface area contributed by atoms with Crippen LogP contribution in [0.25, 0.3) is 0 Å². The van der Waals surface area contributed by atoms with Crippen molar-refractivity contribution in [2.24, 2.45) is 0 Å². The minimum absolute atomic E-state index is 0.250. The van der Waals surface area contributed by atoms with E-state index in [2.05, 4.69) is 5.32 Å². The molecule has 20 heavy (non-hydrogen) atoms. The average molecular weight is 300 g/mol. The van der Waals surface area contributed by atoms with Gasteiger partial charge < -0.3 is 15.2 Å². The predicted octanol–water partition coefficient (Wildman–Crippen LogP) is 3.38. The Labute approximate surface area is 122 Å². The SMILES string of the molecule is CC(C)(C)OC(=O)N[C@H](CC(=O)O)c1cccc(Cl)c1. The molecule has 0 saturated heterocycles. The van der Waals surface area contributed by atoms with Crippen molar-refractivity contribution in [3.63, 3.8) is 0 Å². The molecule has 0 unspecified atom stereocenters. The third kappa shape index (κ3) is 5.93. The molecule has 1 aromatic carbocycles. The van der Waals surface area contributed by atoms with Gasteiger partial charge in [-0.15, -0.1) is 0 Å². The van der Waals surface area contributed by atoms with Gasteiger partial charge in [0, 0.05) is 5.02 Å². The van der Waals surface area contributed by atoms with Crippen molar-refractivity contribution in [1.82, 2.24) is 5.32 Å². The van der Waals surface area contributed by atoms with Gasteiger partial charge in [-0.05, 0) is 38.5 Å². The summed E-state index contributed by atoms with van der Waals surface area (Å²) in [6, 6.07) is 6.00. The van der Waals surface area contributed by atoms with E-state index in [1.165, 1.54) is 0 Å². The van der Waals surface area contributed by atoms with Crippen molar-refractivity contribution in [3.8, 4) is 0 Å². The Morgan fingerprint density at radius 2 is 2.05 bits per heavy atom. The van der Waals surface area contributed by atoms with Crippen LogP contribution in [0.5, 0.6) is 0 Å². The van der Waals surface area contributed by atoms with Crippen molar-refractivity contribution in [2.45, 2.75) is 38.8 Å². The van der Waals surface area contributed by atoms with Crippen LogP contribution in [0.1, 0.15) is 38.8 Å². The second kappa shape index (κ2) is 6.61. The lowest BCUT2D eigenvalue weighted by molar-refractivity contribution is -0.137. The fourth-order valence-corrected chi connectivity index (χ4v) is 1.80. The predicted molar refractivity (Wildman–Crippen MR) is 75.8 cm³/mol. The second-order valence-corrected chi connectivity index (χ2v) is 5.79. The van der Waals surface area contributed by atoms with Gasteiger partial charge in [0.1, 0.15) is 5.60 Å². The van der Waals surface area contributed by atoms with Crippen LogP contribution in [-0.2, 0) is 9.53 Å². The highest BCUT2D eigenvalue weighted by Crippen LogP contribution is 2.21. The lowest BCUT2D eigenvalue weighted by Gasteiger charge is -2.23. The molecule has 0 bridgehead atoms. The molecule has 0 aliphatic carbocycles. The Kier molecular flexibility index (Phi) is 5.39. The van der Waals surface area contributed by atoms with Crippen molar-refractivity contribution in [1.29, 1.82) is 0 Å². The van der Waals surface area contributed by atoms with Crippen LogP contribution in [0.2, 0.25) is 5.02 Å². The van der Waals surface area contributed by atoms with Gasteiger partial charge in [-0.3, -0.25) is 4.79 Å². The van der Waals surface area contributed by atoms with E-state index in [0.717, 1.165) is 0 Å². The van der Waals surface area contributed by atoms with E-state index in [-0.39, 0.29) is 6.42 Å². The number of benzene rings is 1. The molecule has 0 aliphatic heterocycles. The Morgan fingerprint density at radius 3 is 2.55 bits per heavy atom. The van der Waals surface area contributed by atoms with Crippen LogP contribution in [0.4, 0.5) is 4.79 Å². The molecule has 110 valence electrons. The van der Waals surface area contributed by atoms with Crippen LogP contribution in [0.15, 0.2) is 24.3 Å². The lowest BCUT2D eigenvalue weighted by atomic mass is 10.0. The molecule has 1 aromatic rings. The molecule has 6 heteroatoms. The van der Waals surface area contributed by atoms with Crippen molar-refractivity contribution in [2.75, 3.05) is 0 Å². The van der Waals surface area contributed by atoms with Gasteiger partial charge in [0.15, 0.2) is 0 Å². The molecule has 0 radical (unpaired) electrons. The summed E-state index contributed by atoms with van der Waals surface area (Å²) in [7, 11) is 0. The summed E-state index contributed by atoms with van der Waals surface area (Å²) in [5.74, 6) is -1.02. The summed E-state index contributed by atoms with van der Waals surface area (Å²) >= 11 is 5.88. The number of rotatable bonds is 4. The first kappa shape index (κ1) is 16.3. The first-order valence-corrected chi connectivity index (χ1v) is 6.52. The van der Waals surface area contributed by atoms with E-state index >= 15 is 0 Å². The molecule has 2 N–H and O–H groups in total. The van der Waals surface area contributed by atoms with Gasteiger partial charge in [0.25, 0.3) is 0 Å². The monoisotopic (exact) mass is 299 g/mol. The minimum atomic E-state index is -1.02. The normalized spacial score (nSPS) is 12.6. The lowest BCUT2D eigenvalue weighted by Crippen LogP contribution is -2.35. The van der Waals surface area contributed by atoms with Crippen LogP contribution >= 0.6 is 11.6 Å². The average Bonchev–Trinajstić information content (AvgIpc) is 2.24. The molecule has 0 aliphatic rings. The topological polar surface area (TPSA) is 75.6 Å². The fraction of sp³-hybridized carbons (Fsp3) is 0.429. The fourth-order valence-electron chi connectivity index (χ4n) is 1.60. The molecule has 1 atom stereocenters. The quantitative estimate of drug-likeness (QED) is 0.893. The first-order chi connectivity index (χ1) is 9.17. The minimum Gasteiger partial charge on any atom is -0.481 e. The zero-order chi connectivity index (χ0) is 15.3. The number of aliphatic carboxylic acids is 1. The van der Waals surface area contributed by atoms with Crippen LogP contribution < -0.4 is 5.32 Å². The highest BCUT2D eigenvalue weighted by atomic mass is 35.5. The van der Waals surface area contributed by atoms with E-state index in [9.17, 15) is 9.59 Å². The summed E-state index contributed by atoms with van der Waals surface area (Å²) in [5, 5.41) is 12.0. The van der Waals surface area contributed by atoms with Gasteiger partial charge in [-0.25, -0.2) is 4.79 Å². The number of ether oxygens (including phenoxy) is 1. The largest absolute Gasteiger partial charge is 0.481 e. The summed E-state index contributed by atoms with van der Waals surface area (Å²) in [6.07, 6.45) is -0.914. The highest BCUT2D eigenvalue weighted by Gasteiger charge is 2.22. The highest BCUT2D eigenvalue weighted by molar-refractivity contribution is 6.30. The van der Waals surface area contributed by atoms with E-state index in [1.54, 1.807) is 45.0 Å². The van der Waals surface area contributed by atoms with E-state index in [0.29, 0.717) is 10.6 Å². The third-order valence-corrected chi connectivity index (χ3v) is 2.56. The van der Waals surface area contributed by atoms with Crippen molar-refractivity contribution < 1.29 is 19.4 Å². The summed E-state index contributed by atoms with van der Waals surface area (Å²) in [4.78, 5) is 22.7. The molecular formula is C14H18ClNO4. The Hall–Kier alpha value is -1.75. The number of carboxylic acid groups (broad SMARTS) is 1. The van der Waals surface area contributed by atoms with Crippen molar-refractivity contribution >= 4 is 23.7 Å². The number of carboxylic acids is 1. The first-order valence-electron chi connectivity index (χ1n) is 6.14. The maximum atomic E-state index is 11.7. The van der Waals surface area contributed by atoms with E-state index < -0.39 is 23.7 Å². The number of carbonyl (C=O) groups excluding carboxylic acids is 1. The van der Waals surface area contributed by atoms with Gasteiger partial charge in [-0.1, -0.05) is 23.7 Å². The molecule has 1 rings (SSSR count). The maximum Gasteiger partial charge on any atom is 0.408 e. The Bertz CT molecular complexity index is 496. The molecule has 5 nitrogen and oxygen atoms in total. The summed E-state index contributed by atoms with van der Waals surface area (Å²) < 4.78 is 5.13. The van der Waals surface area contributed by atoms with Gasteiger partial charge >= 0.3 is 12.1 Å². The molecule has 0 aromatic heterocycles. The van der Waals surface area contributed by atoms with Crippen LogP contribution in [-0.4, -0.2) is 22.8 Å². The number of amides is 1. The molecule has 0 heterocycles. The third-order valence-electron chi connectivity index (χ3n) is 2.32. The second-order valence-electron chi connectivity index (χ2n) is 5.35. The molecule has 1 amide bonds. The van der Waals surface area contributed by atoms with Crippen molar-refractivity contribution in [3.05, 3.63) is 34.9 Å². The molecular weight excluding hydrogens is 282 g/mol. The standard InChI is InChI=1S/C14H18ClNO4/c1-14(2,3)20-13(19)16-11(8-12(17)18)9-5-4-6-10(15)7-9/h4-7,11H,8H2,1-3H3,(H,16,19)(H,17,18)/t11-/m1/s1. The maximum absolute atomic E-state index is 11.7. The number of alkyl carbamates (subject to hydrolysis) is 1. The van der Waals surface area contributed by atoms with Gasteiger partial charge in [0.05, 0.1) is 12.5 Å². The smallest absolute Gasteiger partial charge is 0.408 e. The van der Waals surface area contributed by atoms with Crippen LogP contribution in [0, 0.1) is 0 Å². The van der Waals surface area contributed by atoms with Gasteiger partial charge in [0.2, 0.25) is 0 Å². The Morgan fingerprint density at radius 1 is 1.40 bits per heavy atom. The van der Waals surface area contributed by atoms with E-state index in [4.69, 9.17) is 21.4 Å². The van der Waals surface area contributed by atoms with Gasteiger partial charge in [-0.2, -0.15) is 0 Å². The number of hydrogen-bond donors (Lipinski definition) is 2. The number of carbonyl (C=O) groups is 2.